The van der Waals surface area contributed by atoms with E-state index in [1.165, 1.54) is 0 Å². The number of amides is 4. The molecule has 0 aromatic carbocycles. The molecule has 6 N–H and O–H groups in total. The molecule has 2 aliphatic rings. The lowest BCUT2D eigenvalue weighted by Gasteiger charge is -2.22. The van der Waals surface area contributed by atoms with Gasteiger partial charge in [-0.2, -0.15) is 10.2 Å². The fourth-order valence-corrected chi connectivity index (χ4v) is 2.56. The summed E-state index contributed by atoms with van der Waals surface area (Å²) in [6.45, 7) is 4.24. The van der Waals surface area contributed by atoms with Crippen LogP contribution < -0.4 is 22.3 Å². The summed E-state index contributed by atoms with van der Waals surface area (Å²) in [7, 11) is 0. The highest BCUT2D eigenvalue weighted by atomic mass is 16.5. The maximum atomic E-state index is 10.9. The fraction of sp³-hybridized carbons (Fsp3) is 0.333. The summed E-state index contributed by atoms with van der Waals surface area (Å²) in [4.78, 5) is 21.8. The number of carbonyl (C=O) groups excluding carboxylic acids is 2. The number of rotatable bonds is 7. The van der Waals surface area contributed by atoms with Gasteiger partial charge in [0.15, 0.2) is 0 Å². The summed E-state index contributed by atoms with van der Waals surface area (Å²) in [5, 5.41) is 7.99. The number of nitrogens with one attached hydrogen (secondary N) is 2. The van der Waals surface area contributed by atoms with E-state index in [-0.39, 0.29) is 13.2 Å². The highest BCUT2D eigenvalue weighted by Gasteiger charge is 2.21. The second kappa shape index (κ2) is 10.2. The van der Waals surface area contributed by atoms with Gasteiger partial charge in [-0.05, 0) is 37.1 Å². The summed E-state index contributed by atoms with van der Waals surface area (Å²) in [5.74, 6) is 0. The Morgan fingerprint density at radius 3 is 1.64 bits per heavy atom. The molecule has 0 spiro atoms. The third-order valence-electron chi connectivity index (χ3n) is 3.86. The molecular formula is C18H24N6O4. The van der Waals surface area contributed by atoms with Gasteiger partial charge in [-0.25, -0.2) is 20.4 Å². The van der Waals surface area contributed by atoms with Crippen molar-refractivity contribution >= 4 is 23.5 Å². The second-order valence-corrected chi connectivity index (χ2v) is 6.00. The lowest BCUT2D eigenvalue weighted by atomic mass is 10.0. The Morgan fingerprint density at radius 2 is 1.29 bits per heavy atom. The summed E-state index contributed by atoms with van der Waals surface area (Å²) >= 11 is 0. The summed E-state index contributed by atoms with van der Waals surface area (Å²) < 4.78 is 11.6. The molecule has 0 saturated heterocycles. The molecule has 0 aliphatic heterocycles. The normalized spacial score (nSPS) is 24.1. The number of primary amides is 2. The number of carbonyl (C=O) groups is 2. The van der Waals surface area contributed by atoms with E-state index >= 15 is 0 Å². The molecule has 0 aromatic heterocycles. The van der Waals surface area contributed by atoms with Gasteiger partial charge in [-0.3, -0.25) is 0 Å². The van der Waals surface area contributed by atoms with E-state index in [0.717, 1.165) is 11.1 Å². The van der Waals surface area contributed by atoms with Crippen molar-refractivity contribution < 1.29 is 19.1 Å². The predicted molar refractivity (Wildman–Crippen MR) is 106 cm³/mol. The number of nitrogens with two attached hydrogens (primary N) is 2. The predicted octanol–water partition coefficient (Wildman–Crippen LogP) is 0.838. The molecule has 0 radical (unpaired) electrons. The minimum absolute atomic E-state index is 0.265. The van der Waals surface area contributed by atoms with Gasteiger partial charge in [0.1, 0.15) is 12.2 Å². The van der Waals surface area contributed by atoms with Crippen molar-refractivity contribution in [2.45, 2.75) is 26.1 Å². The standard InChI is InChI=1S/C18H24N6O4/c1-11-5-3-7-13(15(11)21-23-17(19)25)27-9-10-28-14-8-4-6-12(2)16(14)22-24-18(20)26/h3-8,13-14H,9-10H2,1-2H3,(H3,19,23,25)(H3,20,24,26). The first-order valence-electron chi connectivity index (χ1n) is 8.58. The average Bonchev–Trinajstić information content (AvgIpc) is 2.63. The molecule has 10 heteroatoms. The third kappa shape index (κ3) is 6.18. The van der Waals surface area contributed by atoms with E-state index in [9.17, 15) is 9.59 Å². The molecule has 10 nitrogen and oxygen atoms in total. The van der Waals surface area contributed by atoms with Gasteiger partial charge in [-0.15, -0.1) is 0 Å². The summed E-state index contributed by atoms with van der Waals surface area (Å²) in [6, 6.07) is -1.50. The Hall–Kier alpha value is -3.24. The summed E-state index contributed by atoms with van der Waals surface area (Å²) in [5.41, 5.74) is 17.4. The van der Waals surface area contributed by atoms with Crippen LogP contribution in [0.4, 0.5) is 9.59 Å². The first kappa shape index (κ1) is 21.1. The number of hydrazone groups is 2. The van der Waals surface area contributed by atoms with Crippen molar-refractivity contribution in [2.24, 2.45) is 21.7 Å². The van der Waals surface area contributed by atoms with Crippen LogP contribution >= 0.6 is 0 Å². The molecule has 4 amide bonds. The van der Waals surface area contributed by atoms with Crippen LogP contribution in [0.25, 0.3) is 0 Å². The van der Waals surface area contributed by atoms with Crippen LogP contribution in [0.1, 0.15) is 13.8 Å². The zero-order chi connectivity index (χ0) is 20.5. The number of hydrogen-bond acceptors (Lipinski definition) is 6. The molecule has 2 atom stereocenters. The zero-order valence-corrected chi connectivity index (χ0v) is 15.7. The van der Waals surface area contributed by atoms with Crippen LogP contribution in [0.5, 0.6) is 0 Å². The zero-order valence-electron chi connectivity index (χ0n) is 15.7. The monoisotopic (exact) mass is 388 g/mol. The first-order chi connectivity index (χ1) is 13.4. The van der Waals surface area contributed by atoms with Crippen molar-refractivity contribution in [1.29, 1.82) is 0 Å². The highest BCUT2D eigenvalue weighted by molar-refractivity contribution is 6.06. The molecule has 2 unspecified atom stereocenters. The minimum atomic E-state index is -0.749. The van der Waals surface area contributed by atoms with Gasteiger partial charge >= 0.3 is 12.1 Å². The Labute approximate surface area is 162 Å². The topological polar surface area (TPSA) is 153 Å². The van der Waals surface area contributed by atoms with Crippen LogP contribution in [-0.2, 0) is 9.47 Å². The molecule has 28 heavy (non-hydrogen) atoms. The van der Waals surface area contributed by atoms with Crippen LogP contribution in [-0.4, -0.2) is 48.9 Å². The molecule has 2 aliphatic carbocycles. The minimum Gasteiger partial charge on any atom is -0.365 e. The Bertz CT molecular complexity index is 728. The molecule has 0 fully saturated rings. The SMILES string of the molecule is CC1=CC=CC(OCCOC2C=CC=C(C)C2=NNC(N)=O)C1=NNC(N)=O. The molecule has 0 heterocycles. The van der Waals surface area contributed by atoms with Gasteiger partial charge in [0, 0.05) is 0 Å². The van der Waals surface area contributed by atoms with Crippen molar-refractivity contribution in [3.05, 3.63) is 47.6 Å². The van der Waals surface area contributed by atoms with Crippen molar-refractivity contribution in [3.8, 4) is 0 Å². The number of urea groups is 2. The molecule has 2 rings (SSSR count). The number of hydrogen-bond donors (Lipinski definition) is 4. The fourth-order valence-electron chi connectivity index (χ4n) is 2.56. The lowest BCUT2D eigenvalue weighted by molar-refractivity contribution is 0.0392. The number of allylic oxidation sites excluding steroid dienone is 4. The Kier molecular flexibility index (Phi) is 7.66. The molecule has 0 saturated carbocycles. The number of ether oxygens (including phenoxy) is 2. The van der Waals surface area contributed by atoms with Crippen LogP contribution in [0.3, 0.4) is 0 Å². The van der Waals surface area contributed by atoms with Crippen LogP contribution in [0, 0.1) is 0 Å². The largest absolute Gasteiger partial charge is 0.365 e. The van der Waals surface area contributed by atoms with Gasteiger partial charge in [-0.1, -0.05) is 24.3 Å². The Morgan fingerprint density at radius 1 is 0.893 bits per heavy atom. The van der Waals surface area contributed by atoms with Gasteiger partial charge < -0.3 is 20.9 Å². The van der Waals surface area contributed by atoms with Crippen LogP contribution in [0.2, 0.25) is 0 Å². The van der Waals surface area contributed by atoms with Gasteiger partial charge in [0.05, 0.1) is 24.6 Å². The number of nitrogens with zero attached hydrogens (tertiary/aromatic N) is 2. The molecule has 0 aromatic rings. The third-order valence-corrected chi connectivity index (χ3v) is 3.86. The van der Waals surface area contributed by atoms with Crippen molar-refractivity contribution in [1.82, 2.24) is 10.9 Å². The van der Waals surface area contributed by atoms with E-state index in [2.05, 4.69) is 21.1 Å². The van der Waals surface area contributed by atoms with Gasteiger partial charge in [0.2, 0.25) is 0 Å². The van der Waals surface area contributed by atoms with Gasteiger partial charge in [0.25, 0.3) is 0 Å². The van der Waals surface area contributed by atoms with Crippen molar-refractivity contribution in [2.75, 3.05) is 13.2 Å². The maximum Gasteiger partial charge on any atom is 0.332 e. The van der Waals surface area contributed by atoms with E-state index < -0.39 is 24.3 Å². The lowest BCUT2D eigenvalue weighted by Crippen LogP contribution is -2.34. The molecule has 0 bridgehead atoms. The summed E-state index contributed by atoms with van der Waals surface area (Å²) in [6.07, 6.45) is 10.2. The molecule has 150 valence electrons. The average molecular weight is 388 g/mol. The molecular weight excluding hydrogens is 364 g/mol. The van der Waals surface area contributed by atoms with Crippen LogP contribution in [0.15, 0.2) is 57.8 Å². The Balaban J connectivity index is 1.90. The first-order valence-corrected chi connectivity index (χ1v) is 8.58. The van der Waals surface area contributed by atoms with Crippen molar-refractivity contribution in [3.63, 3.8) is 0 Å². The van der Waals surface area contributed by atoms with E-state index in [4.69, 9.17) is 20.9 Å². The smallest absolute Gasteiger partial charge is 0.332 e. The maximum absolute atomic E-state index is 10.9. The highest BCUT2D eigenvalue weighted by Crippen LogP contribution is 2.15. The van der Waals surface area contributed by atoms with E-state index in [1.807, 2.05) is 50.3 Å². The quantitative estimate of drug-likeness (QED) is 0.377. The second-order valence-electron chi connectivity index (χ2n) is 6.00. The van der Waals surface area contributed by atoms with E-state index in [0.29, 0.717) is 11.4 Å². The van der Waals surface area contributed by atoms with E-state index in [1.54, 1.807) is 0 Å².